The van der Waals surface area contributed by atoms with Crippen LogP contribution in [-0.2, 0) is 10.0 Å². The minimum Gasteiger partial charge on any atom is -0.387 e. The van der Waals surface area contributed by atoms with Crippen molar-refractivity contribution >= 4 is 33.2 Å². The normalized spacial score (nSPS) is 20.0. The Morgan fingerprint density at radius 2 is 1.71 bits per heavy atom. The Labute approximate surface area is 110 Å². The van der Waals surface area contributed by atoms with Gasteiger partial charge in [-0.1, -0.05) is 23.2 Å². The van der Waals surface area contributed by atoms with Gasteiger partial charge in [0.15, 0.2) is 0 Å². The molecule has 0 atom stereocenters. The van der Waals surface area contributed by atoms with E-state index in [1.54, 1.807) is 6.92 Å². The van der Waals surface area contributed by atoms with Crippen molar-refractivity contribution in [3.8, 4) is 0 Å². The first-order chi connectivity index (χ1) is 7.71. The third kappa shape index (κ3) is 2.58. The first-order valence-corrected chi connectivity index (χ1v) is 7.09. The molecule has 0 aromatic heterocycles. The van der Waals surface area contributed by atoms with Gasteiger partial charge in [0.1, 0.15) is 0 Å². The van der Waals surface area contributed by atoms with Gasteiger partial charge in [0.2, 0.25) is 10.0 Å². The van der Waals surface area contributed by atoms with Crippen LogP contribution in [0, 0.1) is 0 Å². The number of nitrogens with zero attached hydrogens (tertiary/aromatic N) is 1. The Balaban J connectivity index is 2.33. The number of halogens is 2. The van der Waals surface area contributed by atoms with Gasteiger partial charge in [-0.3, -0.25) is 0 Å². The molecule has 1 aromatic carbocycles. The van der Waals surface area contributed by atoms with Crippen molar-refractivity contribution in [3.05, 3.63) is 28.2 Å². The van der Waals surface area contributed by atoms with E-state index in [4.69, 9.17) is 23.2 Å². The second-order valence-electron chi connectivity index (χ2n) is 4.38. The molecule has 4 nitrogen and oxygen atoms in total. The largest absolute Gasteiger partial charge is 0.387 e. The van der Waals surface area contributed by atoms with Crippen LogP contribution in [0.3, 0.4) is 0 Å². The van der Waals surface area contributed by atoms with E-state index in [0.717, 1.165) is 0 Å². The van der Waals surface area contributed by atoms with Crippen LogP contribution in [0.5, 0.6) is 0 Å². The first-order valence-electron chi connectivity index (χ1n) is 4.89. The number of sulfonamides is 1. The molecule has 1 N–H and O–H groups in total. The number of aliphatic hydroxyl groups is 1. The molecule has 0 amide bonds. The second-order valence-corrected chi connectivity index (χ2v) is 7.19. The van der Waals surface area contributed by atoms with Crippen LogP contribution >= 0.6 is 23.2 Å². The molecule has 1 saturated heterocycles. The summed E-state index contributed by atoms with van der Waals surface area (Å²) in [5.41, 5.74) is -0.949. The molecule has 1 aliphatic rings. The molecule has 0 unspecified atom stereocenters. The maximum atomic E-state index is 12.1. The fourth-order valence-corrected chi connectivity index (χ4v) is 4.11. The van der Waals surface area contributed by atoms with Crippen LogP contribution < -0.4 is 0 Å². The lowest BCUT2D eigenvalue weighted by Crippen LogP contribution is -2.61. The van der Waals surface area contributed by atoms with E-state index in [2.05, 4.69) is 0 Å². The summed E-state index contributed by atoms with van der Waals surface area (Å²) in [6.07, 6.45) is 0. The maximum absolute atomic E-state index is 12.1. The van der Waals surface area contributed by atoms with E-state index < -0.39 is 15.6 Å². The maximum Gasteiger partial charge on any atom is 0.243 e. The summed E-state index contributed by atoms with van der Waals surface area (Å²) in [6, 6.07) is 4.15. The molecule has 7 heteroatoms. The lowest BCUT2D eigenvalue weighted by Gasteiger charge is -2.42. The monoisotopic (exact) mass is 295 g/mol. The van der Waals surface area contributed by atoms with Crippen molar-refractivity contribution in [2.24, 2.45) is 0 Å². The fourth-order valence-electron chi connectivity index (χ4n) is 1.71. The SMILES string of the molecule is CC1(O)CN(S(=O)(=O)c2cc(Cl)cc(Cl)c2)C1. The van der Waals surface area contributed by atoms with Crippen molar-refractivity contribution in [2.75, 3.05) is 13.1 Å². The minimum atomic E-state index is -3.61. The van der Waals surface area contributed by atoms with Crippen molar-refractivity contribution in [2.45, 2.75) is 17.4 Å². The topological polar surface area (TPSA) is 57.6 Å². The number of rotatable bonds is 2. The third-order valence-corrected chi connectivity index (χ3v) is 4.71. The van der Waals surface area contributed by atoms with E-state index in [1.807, 2.05) is 0 Å². The molecule has 2 rings (SSSR count). The Morgan fingerprint density at radius 3 is 2.12 bits per heavy atom. The predicted octanol–water partition coefficient (Wildman–Crippen LogP) is 1.75. The van der Waals surface area contributed by atoms with Crippen LogP contribution in [0.25, 0.3) is 0 Å². The van der Waals surface area contributed by atoms with Crippen LogP contribution in [0.2, 0.25) is 10.0 Å². The minimum absolute atomic E-state index is 0.0468. The van der Waals surface area contributed by atoms with Gasteiger partial charge in [-0.2, -0.15) is 4.31 Å². The molecule has 17 heavy (non-hydrogen) atoms. The smallest absolute Gasteiger partial charge is 0.243 e. The Morgan fingerprint density at radius 1 is 1.24 bits per heavy atom. The van der Waals surface area contributed by atoms with Crippen molar-refractivity contribution < 1.29 is 13.5 Å². The average Bonchev–Trinajstić information content (AvgIpc) is 2.12. The van der Waals surface area contributed by atoms with Crippen LogP contribution in [0.15, 0.2) is 23.1 Å². The molecule has 0 radical (unpaired) electrons. The zero-order valence-corrected chi connectivity index (χ0v) is 11.3. The number of hydrogen-bond acceptors (Lipinski definition) is 3. The standard InChI is InChI=1S/C10H11Cl2NO3S/c1-10(14)5-13(6-10)17(15,16)9-3-7(11)2-8(12)4-9/h2-4,14H,5-6H2,1H3. The third-order valence-electron chi connectivity index (χ3n) is 2.51. The predicted molar refractivity (Wildman–Crippen MR) is 65.8 cm³/mol. The van der Waals surface area contributed by atoms with Gasteiger partial charge in [0, 0.05) is 23.1 Å². The van der Waals surface area contributed by atoms with Crippen molar-refractivity contribution in [3.63, 3.8) is 0 Å². The molecular weight excluding hydrogens is 285 g/mol. The van der Waals surface area contributed by atoms with E-state index in [0.29, 0.717) is 0 Å². The van der Waals surface area contributed by atoms with E-state index in [9.17, 15) is 13.5 Å². The zero-order valence-electron chi connectivity index (χ0n) is 9.02. The molecule has 0 spiro atoms. The van der Waals surface area contributed by atoms with Gasteiger partial charge < -0.3 is 5.11 Å². The summed E-state index contributed by atoms with van der Waals surface area (Å²) < 4.78 is 25.4. The van der Waals surface area contributed by atoms with Crippen molar-refractivity contribution in [1.82, 2.24) is 4.31 Å². The molecule has 0 bridgehead atoms. The fraction of sp³-hybridized carbons (Fsp3) is 0.400. The van der Waals surface area contributed by atoms with Gasteiger partial charge in [-0.15, -0.1) is 0 Å². The zero-order chi connectivity index (χ0) is 12.8. The van der Waals surface area contributed by atoms with Crippen LogP contribution in [0.4, 0.5) is 0 Å². The molecule has 1 heterocycles. The average molecular weight is 296 g/mol. The van der Waals surface area contributed by atoms with E-state index in [-0.39, 0.29) is 28.0 Å². The van der Waals surface area contributed by atoms with Gasteiger partial charge in [0.25, 0.3) is 0 Å². The highest BCUT2D eigenvalue weighted by Crippen LogP contribution is 2.30. The van der Waals surface area contributed by atoms with Crippen LogP contribution in [-0.4, -0.2) is 36.5 Å². The molecule has 0 saturated carbocycles. The lowest BCUT2D eigenvalue weighted by atomic mass is 10.0. The van der Waals surface area contributed by atoms with Gasteiger partial charge >= 0.3 is 0 Å². The molecule has 1 aliphatic heterocycles. The Hall–Kier alpha value is -0.330. The molecule has 1 fully saturated rings. The van der Waals surface area contributed by atoms with Crippen molar-refractivity contribution in [1.29, 1.82) is 0 Å². The van der Waals surface area contributed by atoms with Gasteiger partial charge in [-0.25, -0.2) is 8.42 Å². The summed E-state index contributed by atoms with van der Waals surface area (Å²) in [7, 11) is -3.61. The summed E-state index contributed by atoms with van der Waals surface area (Å²) in [6.45, 7) is 1.75. The van der Waals surface area contributed by atoms with Gasteiger partial charge in [-0.05, 0) is 25.1 Å². The second kappa shape index (κ2) is 4.10. The van der Waals surface area contributed by atoms with Gasteiger partial charge in [0.05, 0.1) is 10.5 Å². The lowest BCUT2D eigenvalue weighted by molar-refractivity contribution is -0.0426. The summed E-state index contributed by atoms with van der Waals surface area (Å²) in [5, 5.41) is 10.1. The van der Waals surface area contributed by atoms with E-state index >= 15 is 0 Å². The highest BCUT2D eigenvalue weighted by atomic mass is 35.5. The highest BCUT2D eigenvalue weighted by molar-refractivity contribution is 7.89. The molecular formula is C10H11Cl2NO3S. The van der Waals surface area contributed by atoms with Crippen LogP contribution in [0.1, 0.15) is 6.92 Å². The molecule has 1 aromatic rings. The molecule has 94 valence electrons. The summed E-state index contributed by atoms with van der Waals surface area (Å²) in [5.74, 6) is 0. The summed E-state index contributed by atoms with van der Waals surface area (Å²) in [4.78, 5) is 0.0468. The number of β-amino-alcohol motifs (C(OH)–C–C–N with tert-alkyl or cyclic N) is 1. The Bertz CT molecular complexity index is 528. The summed E-state index contributed by atoms with van der Waals surface area (Å²) >= 11 is 11.5. The molecule has 0 aliphatic carbocycles. The highest BCUT2D eigenvalue weighted by Gasteiger charge is 2.43. The Kier molecular flexibility index (Phi) is 3.16. The number of benzene rings is 1. The number of hydrogen-bond donors (Lipinski definition) is 1. The quantitative estimate of drug-likeness (QED) is 0.904. The first kappa shape index (κ1) is 13.1. The van der Waals surface area contributed by atoms with E-state index in [1.165, 1.54) is 22.5 Å².